The number of hydrogen-bond donors (Lipinski definition) is 2. The van der Waals surface area contributed by atoms with Gasteiger partial charge in [-0.25, -0.2) is 0 Å². The Morgan fingerprint density at radius 1 is 1.03 bits per heavy atom. The van der Waals surface area contributed by atoms with Crippen molar-refractivity contribution in [2.75, 3.05) is 19.7 Å². The van der Waals surface area contributed by atoms with Gasteiger partial charge < -0.3 is 19.7 Å². The molecule has 1 fully saturated rings. The van der Waals surface area contributed by atoms with E-state index in [-0.39, 0.29) is 17.4 Å². The molecule has 3 unspecified atom stereocenters. The number of fused-ring (bicyclic) bond motifs is 1. The van der Waals surface area contributed by atoms with Crippen molar-refractivity contribution < 1.29 is 32.9 Å². The Morgan fingerprint density at radius 2 is 1.77 bits per heavy atom. The molecule has 0 radical (unpaired) electrons. The maximum atomic E-state index is 13.6. The van der Waals surface area contributed by atoms with Crippen LogP contribution >= 0.6 is 0 Å². The highest BCUT2D eigenvalue weighted by atomic mass is 19.4. The minimum atomic E-state index is -4.63. The third-order valence-corrected chi connectivity index (χ3v) is 7.59. The Labute approximate surface area is 226 Å². The number of phenols is 2. The van der Waals surface area contributed by atoms with Gasteiger partial charge in [0.15, 0.2) is 0 Å². The van der Waals surface area contributed by atoms with Crippen LogP contribution in [0.2, 0.25) is 0 Å². The maximum Gasteiger partial charge on any atom is 0.416 e. The summed E-state index contributed by atoms with van der Waals surface area (Å²) >= 11 is 0. The molecule has 39 heavy (non-hydrogen) atoms. The number of hydrogen-bond acceptors (Lipinski definition) is 5. The van der Waals surface area contributed by atoms with Gasteiger partial charge in [-0.05, 0) is 98.0 Å². The lowest BCUT2D eigenvalue weighted by Crippen LogP contribution is -2.35. The van der Waals surface area contributed by atoms with Gasteiger partial charge in [-0.3, -0.25) is 4.90 Å². The highest BCUT2D eigenvalue weighted by Gasteiger charge is 2.34. The molecule has 2 aliphatic rings. The second kappa shape index (κ2) is 10.5. The quantitative estimate of drug-likeness (QED) is 0.345. The first-order valence-corrected chi connectivity index (χ1v) is 13.1. The first-order valence-electron chi connectivity index (χ1n) is 13.1. The fourth-order valence-electron chi connectivity index (χ4n) is 5.40. The summed E-state index contributed by atoms with van der Waals surface area (Å²) < 4.78 is 53.2. The Balaban J connectivity index is 1.47. The second-order valence-corrected chi connectivity index (χ2v) is 10.6. The highest BCUT2D eigenvalue weighted by Crippen LogP contribution is 2.48. The van der Waals surface area contributed by atoms with E-state index >= 15 is 0 Å². The van der Waals surface area contributed by atoms with E-state index in [1.165, 1.54) is 24.6 Å². The molecule has 3 aromatic carbocycles. The van der Waals surface area contributed by atoms with Crippen LogP contribution in [0.5, 0.6) is 23.0 Å². The fourth-order valence-corrected chi connectivity index (χ4v) is 5.40. The van der Waals surface area contributed by atoms with E-state index in [1.807, 2.05) is 24.3 Å². The lowest BCUT2D eigenvalue weighted by molar-refractivity contribution is -0.137. The van der Waals surface area contributed by atoms with Gasteiger partial charge in [0, 0.05) is 23.7 Å². The largest absolute Gasteiger partial charge is 0.508 e. The summed E-state index contributed by atoms with van der Waals surface area (Å²) in [6, 6.07) is 15.3. The topological polar surface area (TPSA) is 62.2 Å². The van der Waals surface area contributed by atoms with Crippen molar-refractivity contribution in [3.63, 3.8) is 0 Å². The minimum absolute atomic E-state index is 0.0144. The molecule has 3 aromatic rings. The minimum Gasteiger partial charge on any atom is -0.508 e. The molecule has 8 heteroatoms. The molecule has 3 atom stereocenters. The molecule has 0 bridgehead atoms. The maximum absolute atomic E-state index is 13.6. The van der Waals surface area contributed by atoms with Gasteiger partial charge in [-0.2, -0.15) is 13.2 Å². The molecular weight excluding hydrogens is 507 g/mol. The number of allylic oxidation sites excluding steroid dienone is 1. The smallest absolute Gasteiger partial charge is 0.416 e. The van der Waals surface area contributed by atoms with Crippen molar-refractivity contribution in [3.05, 3.63) is 82.9 Å². The van der Waals surface area contributed by atoms with Crippen LogP contribution in [0, 0.1) is 5.92 Å². The SMILES string of the molecule is CC1=C(c2cc(O)cc(C(F)(F)F)c2)C(c2ccc(OCC(C)N3CCC(C)C3)cc2)Oc2ccc(O)cc21. The standard InChI is InChI=1S/C31H32F3NO4/c1-18-10-11-35(16-18)19(2)17-38-26-7-4-21(5-8-26)30-29(20(3)27-15-24(36)6-9-28(27)39-30)22-12-23(31(32,33)34)14-25(37)13-22/h4-9,12-15,18-19,30,36-37H,10-11,16-17H2,1-3H3. The summed E-state index contributed by atoms with van der Waals surface area (Å²) in [4.78, 5) is 2.43. The first kappa shape index (κ1) is 26.9. The molecule has 2 heterocycles. The van der Waals surface area contributed by atoms with E-state index in [0.717, 1.165) is 19.2 Å². The van der Waals surface area contributed by atoms with Crippen molar-refractivity contribution >= 4 is 11.1 Å². The molecule has 5 rings (SSSR count). The van der Waals surface area contributed by atoms with E-state index in [4.69, 9.17) is 9.47 Å². The molecule has 0 aromatic heterocycles. The van der Waals surface area contributed by atoms with Gasteiger partial charge in [-0.1, -0.05) is 19.1 Å². The Bertz CT molecular complexity index is 1380. The summed E-state index contributed by atoms with van der Waals surface area (Å²) in [7, 11) is 0. The zero-order chi connectivity index (χ0) is 27.9. The van der Waals surface area contributed by atoms with Crippen molar-refractivity contribution in [1.29, 1.82) is 0 Å². The van der Waals surface area contributed by atoms with Crippen molar-refractivity contribution in [3.8, 4) is 23.0 Å². The van der Waals surface area contributed by atoms with E-state index in [9.17, 15) is 23.4 Å². The number of alkyl halides is 3. The van der Waals surface area contributed by atoms with Crippen LogP contribution in [0.3, 0.4) is 0 Å². The molecule has 206 valence electrons. The number of aromatic hydroxyl groups is 2. The van der Waals surface area contributed by atoms with Gasteiger partial charge in [-0.15, -0.1) is 0 Å². The number of phenolic OH excluding ortho intramolecular Hbond substituents is 2. The lowest BCUT2D eigenvalue weighted by Gasteiger charge is -2.31. The Kier molecular flexibility index (Phi) is 7.25. The van der Waals surface area contributed by atoms with E-state index in [0.29, 0.717) is 52.4 Å². The normalized spacial score (nSPS) is 20.5. The fraction of sp³-hybridized carbons (Fsp3) is 0.355. The molecule has 2 N–H and O–H groups in total. The van der Waals surface area contributed by atoms with Crippen LogP contribution in [0.4, 0.5) is 13.2 Å². The van der Waals surface area contributed by atoms with E-state index < -0.39 is 23.6 Å². The van der Waals surface area contributed by atoms with Gasteiger partial charge in [0.2, 0.25) is 0 Å². The molecule has 0 spiro atoms. The van der Waals surface area contributed by atoms with Crippen LogP contribution in [0.1, 0.15) is 55.5 Å². The summed E-state index contributed by atoms with van der Waals surface area (Å²) in [6.07, 6.45) is -4.18. The monoisotopic (exact) mass is 539 g/mol. The van der Waals surface area contributed by atoms with Crippen LogP contribution in [0.25, 0.3) is 11.1 Å². The Hall–Kier alpha value is -3.65. The summed E-state index contributed by atoms with van der Waals surface area (Å²) in [5.41, 5.74) is 1.64. The zero-order valence-electron chi connectivity index (χ0n) is 22.1. The van der Waals surface area contributed by atoms with Crippen LogP contribution in [0.15, 0.2) is 60.7 Å². The van der Waals surface area contributed by atoms with E-state index in [2.05, 4.69) is 18.7 Å². The molecule has 1 saturated heterocycles. The summed E-state index contributed by atoms with van der Waals surface area (Å²) in [5.74, 6) is 1.41. The third-order valence-electron chi connectivity index (χ3n) is 7.59. The third kappa shape index (κ3) is 5.71. The second-order valence-electron chi connectivity index (χ2n) is 10.6. The van der Waals surface area contributed by atoms with Gasteiger partial charge in [0.1, 0.15) is 35.7 Å². The number of rotatable bonds is 6. The average Bonchev–Trinajstić information content (AvgIpc) is 3.33. The molecular formula is C31H32F3NO4. The number of benzene rings is 3. The Morgan fingerprint density at radius 3 is 2.44 bits per heavy atom. The summed E-state index contributed by atoms with van der Waals surface area (Å²) in [5, 5.41) is 20.2. The molecule has 0 amide bonds. The number of halogens is 3. The highest BCUT2D eigenvalue weighted by molar-refractivity contribution is 5.96. The zero-order valence-corrected chi connectivity index (χ0v) is 22.1. The number of ether oxygens (including phenoxy) is 2. The molecule has 0 aliphatic carbocycles. The van der Waals surface area contributed by atoms with Crippen molar-refractivity contribution in [2.24, 2.45) is 5.92 Å². The number of nitrogens with zero attached hydrogens (tertiary/aromatic N) is 1. The summed E-state index contributed by atoms with van der Waals surface area (Å²) in [6.45, 7) is 8.88. The number of likely N-dealkylation sites (tertiary alicyclic amines) is 1. The lowest BCUT2D eigenvalue weighted by atomic mass is 9.85. The van der Waals surface area contributed by atoms with Crippen LogP contribution < -0.4 is 9.47 Å². The van der Waals surface area contributed by atoms with Crippen LogP contribution in [-0.2, 0) is 6.18 Å². The predicted octanol–water partition coefficient (Wildman–Crippen LogP) is 7.29. The average molecular weight is 540 g/mol. The molecule has 0 saturated carbocycles. The van der Waals surface area contributed by atoms with Gasteiger partial charge in [0.25, 0.3) is 0 Å². The van der Waals surface area contributed by atoms with Crippen molar-refractivity contribution in [2.45, 2.75) is 45.5 Å². The predicted molar refractivity (Wildman–Crippen MR) is 144 cm³/mol. The molecule has 2 aliphatic heterocycles. The van der Waals surface area contributed by atoms with E-state index in [1.54, 1.807) is 13.0 Å². The van der Waals surface area contributed by atoms with Gasteiger partial charge in [0.05, 0.1) is 5.56 Å². The van der Waals surface area contributed by atoms with Gasteiger partial charge >= 0.3 is 6.18 Å². The first-order chi connectivity index (χ1) is 18.5. The molecule has 5 nitrogen and oxygen atoms in total. The van der Waals surface area contributed by atoms with Crippen molar-refractivity contribution in [1.82, 2.24) is 4.90 Å². The van der Waals surface area contributed by atoms with Crippen LogP contribution in [-0.4, -0.2) is 40.9 Å².